The Hall–Kier alpha value is -4.21. The van der Waals surface area contributed by atoms with E-state index in [1.807, 2.05) is 30.3 Å². The van der Waals surface area contributed by atoms with Crippen LogP contribution in [0.5, 0.6) is 0 Å². The summed E-state index contributed by atoms with van der Waals surface area (Å²) in [6.07, 6.45) is 3.48. The number of amides is 2. The molecule has 2 aromatic heterocycles. The first kappa shape index (κ1) is 26.4. The number of aromatic nitrogens is 4. The molecule has 12 heteroatoms. The number of anilines is 1. The normalized spacial score (nSPS) is 18.4. The molecule has 5 rings (SSSR count). The maximum Gasteiger partial charge on any atom is 0.410 e. The number of benzene rings is 1. The molecule has 0 unspecified atom stereocenters. The van der Waals surface area contributed by atoms with Gasteiger partial charge >= 0.3 is 6.09 Å². The zero-order chi connectivity index (χ0) is 27.2. The van der Waals surface area contributed by atoms with Crippen molar-refractivity contribution in [2.45, 2.75) is 50.7 Å². The minimum absolute atomic E-state index is 0.0764. The Morgan fingerprint density at radius 3 is 2.79 bits per heavy atom. The van der Waals surface area contributed by atoms with E-state index in [0.717, 1.165) is 18.4 Å². The predicted octanol–water partition coefficient (Wildman–Crippen LogP) is 2.00. The lowest BCUT2D eigenvalue weighted by molar-refractivity contribution is -0.134. The van der Waals surface area contributed by atoms with Crippen molar-refractivity contribution < 1.29 is 23.8 Å². The van der Waals surface area contributed by atoms with Gasteiger partial charge in [-0.15, -0.1) is 0 Å². The van der Waals surface area contributed by atoms with Crippen LogP contribution in [0.3, 0.4) is 0 Å². The topological polar surface area (TPSA) is 147 Å². The summed E-state index contributed by atoms with van der Waals surface area (Å²) in [6.45, 7) is 0.983. The standard InChI is InChI=1S/C27H31N7O5/c1-33(27(36)38-15-14-37-16-18-6-3-2-4-7-18)13-5-8-21-31-24(28)23-25(32-21)34(17-29-23)22-12-11-20(39-22)26(35)30-19-9-10-19/h2-4,6-7,17,19-20,22H,9-16H2,1H3,(H,30,35)(H2,28,31,32)/t20-,22+/m0/s1. The van der Waals surface area contributed by atoms with Gasteiger partial charge in [0.1, 0.15) is 24.5 Å². The predicted molar refractivity (Wildman–Crippen MR) is 141 cm³/mol. The first-order chi connectivity index (χ1) is 19.0. The second-order valence-corrected chi connectivity index (χ2v) is 9.51. The summed E-state index contributed by atoms with van der Waals surface area (Å²) in [7, 11) is 1.59. The molecule has 1 aliphatic carbocycles. The fourth-order valence-corrected chi connectivity index (χ4v) is 4.11. The first-order valence-corrected chi connectivity index (χ1v) is 12.9. The molecule has 1 saturated carbocycles. The zero-order valence-electron chi connectivity index (χ0n) is 21.7. The highest BCUT2D eigenvalue weighted by molar-refractivity contribution is 5.83. The number of imidazole rings is 1. The molecule has 0 radical (unpaired) electrons. The molecular formula is C27H31N7O5. The molecule has 2 aliphatic rings. The molecule has 12 nitrogen and oxygen atoms in total. The second kappa shape index (κ2) is 12.1. The lowest BCUT2D eigenvalue weighted by Gasteiger charge is -2.15. The maximum absolute atomic E-state index is 12.4. The number of nitrogens with one attached hydrogen (secondary N) is 1. The summed E-state index contributed by atoms with van der Waals surface area (Å²) >= 11 is 0. The van der Waals surface area contributed by atoms with Gasteiger partial charge in [0.25, 0.3) is 0 Å². The van der Waals surface area contributed by atoms with E-state index < -0.39 is 18.4 Å². The summed E-state index contributed by atoms with van der Waals surface area (Å²) in [5.74, 6) is 6.03. The third-order valence-corrected chi connectivity index (χ3v) is 6.36. The van der Waals surface area contributed by atoms with Crippen LogP contribution in [0.2, 0.25) is 0 Å². The van der Waals surface area contributed by atoms with E-state index >= 15 is 0 Å². The van der Waals surface area contributed by atoms with Crippen LogP contribution in [-0.4, -0.2) is 75.4 Å². The quantitative estimate of drug-likeness (QED) is 0.311. The number of hydrogen-bond acceptors (Lipinski definition) is 9. The van der Waals surface area contributed by atoms with Crippen molar-refractivity contribution in [3.8, 4) is 11.8 Å². The highest BCUT2D eigenvalue weighted by atomic mass is 16.6. The molecule has 1 saturated heterocycles. The van der Waals surface area contributed by atoms with Gasteiger partial charge in [0.05, 0.1) is 26.1 Å². The van der Waals surface area contributed by atoms with E-state index in [-0.39, 0.29) is 43.3 Å². The van der Waals surface area contributed by atoms with Crippen molar-refractivity contribution in [3.63, 3.8) is 0 Å². The SMILES string of the molecule is CN(CC#Cc1nc(N)c2ncn([C@H]3CC[C@@H](C(=O)NC4CC4)O3)c2n1)C(=O)OCCOCc1ccccc1. The smallest absolute Gasteiger partial charge is 0.410 e. The van der Waals surface area contributed by atoms with Crippen LogP contribution in [0.1, 0.15) is 43.3 Å². The van der Waals surface area contributed by atoms with Gasteiger partial charge in [-0.05, 0) is 37.2 Å². The van der Waals surface area contributed by atoms with Crippen LogP contribution in [0, 0.1) is 11.8 Å². The summed E-state index contributed by atoms with van der Waals surface area (Å²) in [5.41, 5.74) is 8.07. The third-order valence-electron chi connectivity index (χ3n) is 6.36. The monoisotopic (exact) mass is 533 g/mol. The first-order valence-electron chi connectivity index (χ1n) is 12.9. The van der Waals surface area contributed by atoms with Crippen molar-refractivity contribution in [2.24, 2.45) is 0 Å². The lowest BCUT2D eigenvalue weighted by atomic mass is 10.2. The Kier molecular flexibility index (Phi) is 8.19. The van der Waals surface area contributed by atoms with Crippen molar-refractivity contribution in [1.29, 1.82) is 0 Å². The van der Waals surface area contributed by atoms with Gasteiger partial charge in [-0.2, -0.15) is 0 Å². The molecule has 2 atom stereocenters. The number of carbonyl (C=O) groups excluding carboxylic acids is 2. The van der Waals surface area contributed by atoms with E-state index in [1.165, 1.54) is 4.90 Å². The maximum atomic E-state index is 12.4. The summed E-state index contributed by atoms with van der Waals surface area (Å²) in [6, 6.07) is 10.0. The van der Waals surface area contributed by atoms with Gasteiger partial charge in [-0.1, -0.05) is 36.3 Å². The van der Waals surface area contributed by atoms with Gasteiger partial charge in [0, 0.05) is 13.1 Å². The molecule has 3 heterocycles. The third kappa shape index (κ3) is 6.81. The van der Waals surface area contributed by atoms with E-state index in [9.17, 15) is 9.59 Å². The number of rotatable bonds is 9. The fourth-order valence-electron chi connectivity index (χ4n) is 4.11. The summed E-state index contributed by atoms with van der Waals surface area (Å²) in [5, 5.41) is 2.98. The average molecular weight is 534 g/mol. The summed E-state index contributed by atoms with van der Waals surface area (Å²) < 4.78 is 18.5. The Bertz CT molecular complexity index is 1380. The largest absolute Gasteiger partial charge is 0.447 e. The molecule has 204 valence electrons. The van der Waals surface area contributed by atoms with E-state index in [2.05, 4.69) is 32.1 Å². The minimum atomic E-state index is -0.514. The van der Waals surface area contributed by atoms with Gasteiger partial charge < -0.3 is 30.2 Å². The Balaban J connectivity index is 1.13. The number of carbonyl (C=O) groups is 2. The van der Waals surface area contributed by atoms with Crippen LogP contribution in [0.15, 0.2) is 36.7 Å². The second-order valence-electron chi connectivity index (χ2n) is 9.51. The Labute approximate surface area is 225 Å². The number of ether oxygens (including phenoxy) is 3. The van der Waals surface area contributed by atoms with E-state index in [1.54, 1.807) is 17.9 Å². The van der Waals surface area contributed by atoms with Crippen LogP contribution in [0.4, 0.5) is 10.6 Å². The summed E-state index contributed by atoms with van der Waals surface area (Å²) in [4.78, 5) is 39.0. The zero-order valence-corrected chi connectivity index (χ0v) is 21.7. The molecule has 3 aromatic rings. The van der Waals surface area contributed by atoms with E-state index in [0.29, 0.717) is 30.6 Å². The molecule has 1 aliphatic heterocycles. The molecule has 3 N–H and O–H groups in total. The molecule has 0 bridgehead atoms. The van der Waals surface area contributed by atoms with Gasteiger partial charge in [-0.3, -0.25) is 9.36 Å². The highest BCUT2D eigenvalue weighted by Crippen LogP contribution is 2.32. The minimum Gasteiger partial charge on any atom is -0.447 e. The van der Waals surface area contributed by atoms with Gasteiger partial charge in [0.2, 0.25) is 11.7 Å². The molecule has 2 amide bonds. The molecule has 1 aromatic carbocycles. The van der Waals surface area contributed by atoms with Crippen molar-refractivity contribution in [3.05, 3.63) is 48.0 Å². The van der Waals surface area contributed by atoms with E-state index in [4.69, 9.17) is 19.9 Å². The molecular weight excluding hydrogens is 502 g/mol. The van der Waals surface area contributed by atoms with Crippen LogP contribution < -0.4 is 11.1 Å². The highest BCUT2D eigenvalue weighted by Gasteiger charge is 2.35. The van der Waals surface area contributed by atoms with Crippen molar-refractivity contribution in [2.75, 3.05) is 32.5 Å². The Morgan fingerprint density at radius 2 is 2.00 bits per heavy atom. The van der Waals surface area contributed by atoms with Crippen molar-refractivity contribution >= 4 is 29.0 Å². The Morgan fingerprint density at radius 1 is 1.18 bits per heavy atom. The molecule has 2 fully saturated rings. The van der Waals surface area contributed by atoms with Crippen LogP contribution in [0.25, 0.3) is 11.2 Å². The fraction of sp³-hybridized carbons (Fsp3) is 0.444. The van der Waals surface area contributed by atoms with Gasteiger partial charge in [0.15, 0.2) is 11.5 Å². The van der Waals surface area contributed by atoms with Crippen LogP contribution in [-0.2, 0) is 25.6 Å². The molecule has 0 spiro atoms. The number of nitrogens with zero attached hydrogens (tertiary/aromatic N) is 5. The lowest BCUT2D eigenvalue weighted by Crippen LogP contribution is -2.35. The number of fused-ring (bicyclic) bond motifs is 1. The number of nitrogens with two attached hydrogens (primary N) is 1. The van der Waals surface area contributed by atoms with Crippen molar-refractivity contribution in [1.82, 2.24) is 29.7 Å². The number of hydrogen-bond donors (Lipinski definition) is 2. The average Bonchev–Trinajstić information content (AvgIpc) is 3.43. The number of nitrogen functional groups attached to an aromatic ring is 1. The van der Waals surface area contributed by atoms with Gasteiger partial charge in [-0.25, -0.2) is 19.7 Å². The van der Waals surface area contributed by atoms with Crippen LogP contribution >= 0.6 is 0 Å². The molecule has 39 heavy (non-hydrogen) atoms.